The minimum atomic E-state index is 0.601. The standard InChI is InChI=1S/C15H21NO2/c1-10(2)5-11-8-16-9-12-6-14-15(7-13(11)12)18-4-3-17-14/h6-7,10-11,16H,3-5,8-9H2,1-2H3. The normalized spacial score (nSPS) is 21.8. The highest BCUT2D eigenvalue weighted by Crippen LogP contribution is 2.38. The van der Waals surface area contributed by atoms with Gasteiger partial charge in [0.05, 0.1) is 0 Å². The average molecular weight is 247 g/mol. The maximum Gasteiger partial charge on any atom is 0.161 e. The van der Waals surface area contributed by atoms with Gasteiger partial charge in [0.2, 0.25) is 0 Å². The molecule has 2 aliphatic rings. The lowest BCUT2D eigenvalue weighted by Gasteiger charge is -2.30. The predicted octanol–water partition coefficient (Wildman–Crippen LogP) is 2.69. The summed E-state index contributed by atoms with van der Waals surface area (Å²) in [5.41, 5.74) is 2.82. The van der Waals surface area contributed by atoms with Crippen molar-refractivity contribution in [3.63, 3.8) is 0 Å². The van der Waals surface area contributed by atoms with E-state index >= 15 is 0 Å². The molecule has 0 radical (unpaired) electrons. The van der Waals surface area contributed by atoms with E-state index in [1.54, 1.807) is 0 Å². The predicted molar refractivity (Wildman–Crippen MR) is 71.3 cm³/mol. The first kappa shape index (κ1) is 11.8. The Hall–Kier alpha value is -1.22. The molecule has 18 heavy (non-hydrogen) atoms. The van der Waals surface area contributed by atoms with Crippen molar-refractivity contribution in [2.45, 2.75) is 32.7 Å². The highest BCUT2D eigenvalue weighted by Gasteiger charge is 2.24. The Kier molecular flexibility index (Phi) is 3.16. The van der Waals surface area contributed by atoms with Crippen LogP contribution in [0.4, 0.5) is 0 Å². The summed E-state index contributed by atoms with van der Waals surface area (Å²) in [6, 6.07) is 4.36. The number of nitrogens with one attached hydrogen (secondary N) is 1. The second-order valence-electron chi connectivity index (χ2n) is 5.65. The number of fused-ring (bicyclic) bond motifs is 2. The molecule has 0 saturated carbocycles. The van der Waals surface area contributed by atoms with E-state index < -0.39 is 0 Å². The molecule has 0 aliphatic carbocycles. The minimum Gasteiger partial charge on any atom is -0.486 e. The highest BCUT2D eigenvalue weighted by atomic mass is 16.6. The zero-order chi connectivity index (χ0) is 12.5. The summed E-state index contributed by atoms with van der Waals surface area (Å²) in [5.74, 6) is 3.16. The largest absolute Gasteiger partial charge is 0.486 e. The van der Waals surface area contributed by atoms with E-state index in [1.165, 1.54) is 17.5 Å². The number of rotatable bonds is 2. The molecule has 0 aromatic heterocycles. The van der Waals surface area contributed by atoms with E-state index in [0.29, 0.717) is 19.1 Å². The molecule has 1 aromatic carbocycles. The van der Waals surface area contributed by atoms with E-state index in [9.17, 15) is 0 Å². The zero-order valence-electron chi connectivity index (χ0n) is 11.2. The van der Waals surface area contributed by atoms with Crippen LogP contribution >= 0.6 is 0 Å². The van der Waals surface area contributed by atoms with Crippen LogP contribution in [0, 0.1) is 5.92 Å². The molecule has 2 heterocycles. The van der Waals surface area contributed by atoms with Crippen molar-refractivity contribution in [3.8, 4) is 11.5 Å². The Balaban J connectivity index is 1.95. The lowest BCUT2D eigenvalue weighted by Crippen LogP contribution is -2.29. The van der Waals surface area contributed by atoms with Crippen molar-refractivity contribution in [1.82, 2.24) is 5.32 Å². The molecule has 0 fully saturated rings. The molecular weight excluding hydrogens is 226 g/mol. The van der Waals surface area contributed by atoms with Crippen LogP contribution in [0.3, 0.4) is 0 Å². The van der Waals surface area contributed by atoms with E-state index in [2.05, 4.69) is 31.3 Å². The van der Waals surface area contributed by atoms with Gasteiger partial charge in [-0.05, 0) is 41.5 Å². The Bertz CT molecular complexity index is 442. The summed E-state index contributed by atoms with van der Waals surface area (Å²) >= 11 is 0. The fourth-order valence-corrected chi connectivity index (χ4v) is 2.95. The van der Waals surface area contributed by atoms with Crippen molar-refractivity contribution in [1.29, 1.82) is 0 Å². The molecule has 0 spiro atoms. The van der Waals surface area contributed by atoms with Gasteiger partial charge < -0.3 is 14.8 Å². The summed E-state index contributed by atoms with van der Waals surface area (Å²) in [6.07, 6.45) is 1.22. The first-order chi connectivity index (χ1) is 8.74. The molecule has 1 atom stereocenters. The van der Waals surface area contributed by atoms with Gasteiger partial charge in [-0.2, -0.15) is 0 Å². The third-order valence-corrected chi connectivity index (χ3v) is 3.71. The van der Waals surface area contributed by atoms with Gasteiger partial charge in [0.15, 0.2) is 11.5 Å². The van der Waals surface area contributed by atoms with Crippen LogP contribution in [0.25, 0.3) is 0 Å². The second kappa shape index (κ2) is 4.81. The van der Waals surface area contributed by atoms with Crippen molar-refractivity contribution >= 4 is 0 Å². The fraction of sp³-hybridized carbons (Fsp3) is 0.600. The van der Waals surface area contributed by atoms with Gasteiger partial charge >= 0.3 is 0 Å². The van der Waals surface area contributed by atoms with Gasteiger partial charge in [-0.1, -0.05) is 13.8 Å². The number of benzene rings is 1. The third-order valence-electron chi connectivity index (χ3n) is 3.71. The maximum absolute atomic E-state index is 5.70. The number of hydrogen-bond acceptors (Lipinski definition) is 3. The zero-order valence-corrected chi connectivity index (χ0v) is 11.2. The van der Waals surface area contributed by atoms with E-state index in [-0.39, 0.29) is 0 Å². The van der Waals surface area contributed by atoms with Gasteiger partial charge in [0.1, 0.15) is 13.2 Å². The molecule has 0 bridgehead atoms. The molecule has 98 valence electrons. The van der Waals surface area contributed by atoms with E-state index in [0.717, 1.165) is 30.5 Å². The topological polar surface area (TPSA) is 30.5 Å². The fourth-order valence-electron chi connectivity index (χ4n) is 2.95. The van der Waals surface area contributed by atoms with E-state index in [4.69, 9.17) is 9.47 Å². The first-order valence-electron chi connectivity index (χ1n) is 6.87. The summed E-state index contributed by atoms with van der Waals surface area (Å²) in [5, 5.41) is 3.51. The van der Waals surface area contributed by atoms with Gasteiger partial charge in [-0.3, -0.25) is 0 Å². The molecular formula is C15H21NO2. The van der Waals surface area contributed by atoms with Gasteiger partial charge in [0.25, 0.3) is 0 Å². The smallest absolute Gasteiger partial charge is 0.161 e. The van der Waals surface area contributed by atoms with Crippen LogP contribution in [0.2, 0.25) is 0 Å². The maximum atomic E-state index is 5.70. The molecule has 1 N–H and O–H groups in total. The molecule has 1 unspecified atom stereocenters. The Morgan fingerprint density at radius 1 is 1.22 bits per heavy atom. The third kappa shape index (κ3) is 2.19. The summed E-state index contributed by atoms with van der Waals surface area (Å²) in [7, 11) is 0. The van der Waals surface area contributed by atoms with Crippen molar-refractivity contribution in [3.05, 3.63) is 23.3 Å². The summed E-state index contributed by atoms with van der Waals surface area (Å²) in [6.45, 7) is 7.91. The SMILES string of the molecule is CC(C)CC1CNCc2cc3c(cc21)OCCO3. The lowest BCUT2D eigenvalue weighted by atomic mass is 9.85. The molecule has 3 rings (SSSR count). The average Bonchev–Trinajstić information content (AvgIpc) is 2.36. The first-order valence-corrected chi connectivity index (χ1v) is 6.87. The molecule has 0 saturated heterocycles. The van der Waals surface area contributed by atoms with Crippen LogP contribution in [0.15, 0.2) is 12.1 Å². The molecule has 0 amide bonds. The van der Waals surface area contributed by atoms with Crippen molar-refractivity contribution in [2.75, 3.05) is 19.8 Å². The molecule has 1 aromatic rings. The lowest BCUT2D eigenvalue weighted by molar-refractivity contribution is 0.171. The second-order valence-corrected chi connectivity index (χ2v) is 5.65. The monoisotopic (exact) mass is 247 g/mol. The summed E-state index contributed by atoms with van der Waals surface area (Å²) < 4.78 is 11.4. The van der Waals surface area contributed by atoms with Gasteiger partial charge in [-0.25, -0.2) is 0 Å². The van der Waals surface area contributed by atoms with Crippen LogP contribution in [0.1, 0.15) is 37.3 Å². The minimum absolute atomic E-state index is 0.601. The van der Waals surface area contributed by atoms with Gasteiger partial charge in [0, 0.05) is 13.1 Å². The van der Waals surface area contributed by atoms with Crippen LogP contribution in [-0.2, 0) is 6.54 Å². The molecule has 2 aliphatic heterocycles. The van der Waals surface area contributed by atoms with Crippen LogP contribution in [-0.4, -0.2) is 19.8 Å². The van der Waals surface area contributed by atoms with Crippen molar-refractivity contribution < 1.29 is 9.47 Å². The van der Waals surface area contributed by atoms with Gasteiger partial charge in [-0.15, -0.1) is 0 Å². The van der Waals surface area contributed by atoms with E-state index in [1.807, 2.05) is 0 Å². The molecule has 3 heteroatoms. The van der Waals surface area contributed by atoms with Crippen LogP contribution < -0.4 is 14.8 Å². The number of hydrogen-bond donors (Lipinski definition) is 1. The summed E-state index contributed by atoms with van der Waals surface area (Å²) in [4.78, 5) is 0. The quantitative estimate of drug-likeness (QED) is 0.871. The Morgan fingerprint density at radius 2 is 1.94 bits per heavy atom. The Morgan fingerprint density at radius 3 is 2.67 bits per heavy atom. The van der Waals surface area contributed by atoms with Crippen molar-refractivity contribution in [2.24, 2.45) is 5.92 Å². The Labute approximate surface area is 108 Å². The number of ether oxygens (including phenoxy) is 2. The highest BCUT2D eigenvalue weighted by molar-refractivity contribution is 5.50. The molecule has 3 nitrogen and oxygen atoms in total. The van der Waals surface area contributed by atoms with Crippen LogP contribution in [0.5, 0.6) is 11.5 Å².